The van der Waals surface area contributed by atoms with E-state index < -0.39 is 0 Å². The smallest absolute Gasteiger partial charge is 0.305 e. The highest BCUT2D eigenvalue weighted by molar-refractivity contribution is 5.69. The topological polar surface area (TPSA) is 84.9 Å². The molecule has 2 N–H and O–H groups in total. The lowest BCUT2D eigenvalue weighted by Crippen LogP contribution is -2.30. The fourth-order valence-electron chi connectivity index (χ4n) is 6.85. The minimum atomic E-state index is 0.00805. The monoisotopic (exact) mass is 814 g/mol. The Balaban J connectivity index is -0.000000550. The molecule has 346 valence electrons. The van der Waals surface area contributed by atoms with Gasteiger partial charge in [0.05, 0.1) is 13.2 Å². The summed E-state index contributed by atoms with van der Waals surface area (Å²) in [6.07, 6.45) is 40.6. The summed E-state index contributed by atoms with van der Waals surface area (Å²) in [4.78, 5) is 22.4. The van der Waals surface area contributed by atoms with Crippen LogP contribution in [0.2, 0.25) is 0 Å². The Hall–Kier alpha value is -1.14. The van der Waals surface area contributed by atoms with Gasteiger partial charge >= 0.3 is 5.97 Å². The number of carbonyl (C=O) groups excluding carboxylic acids is 2. The lowest BCUT2D eigenvalue weighted by Gasteiger charge is -2.19. The van der Waals surface area contributed by atoms with Gasteiger partial charge in [-0.3, -0.25) is 9.59 Å². The van der Waals surface area contributed by atoms with Gasteiger partial charge in [-0.25, -0.2) is 0 Å². The Morgan fingerprint density at radius 2 is 0.895 bits per heavy atom. The van der Waals surface area contributed by atoms with Gasteiger partial charge in [-0.2, -0.15) is 0 Å². The van der Waals surface area contributed by atoms with E-state index in [1.165, 1.54) is 173 Å². The van der Waals surface area contributed by atoms with Gasteiger partial charge in [0.1, 0.15) is 0 Å². The van der Waals surface area contributed by atoms with Crippen molar-refractivity contribution in [3.63, 3.8) is 0 Å². The van der Waals surface area contributed by atoms with E-state index in [1.807, 2.05) is 0 Å². The first kappa shape index (κ1) is 62.5. The van der Waals surface area contributed by atoms with Crippen LogP contribution in [-0.4, -0.2) is 50.0 Å². The summed E-state index contributed by atoms with van der Waals surface area (Å²) in [5.74, 6) is 1.13. The van der Waals surface area contributed by atoms with Crippen molar-refractivity contribution in [1.29, 1.82) is 0 Å². The summed E-state index contributed by atoms with van der Waals surface area (Å²) < 4.78 is 10.6. The summed E-state index contributed by atoms with van der Waals surface area (Å²) >= 11 is 0. The molecule has 0 aliphatic heterocycles. The van der Waals surface area contributed by atoms with Crippen LogP contribution < -0.4 is 5.32 Å². The summed E-state index contributed by atoms with van der Waals surface area (Å²) in [7, 11) is 0. The van der Waals surface area contributed by atoms with Crippen LogP contribution in [0.15, 0.2) is 0 Å². The number of hydrogen-bond donors (Lipinski definition) is 2. The van der Waals surface area contributed by atoms with E-state index >= 15 is 0 Å². The molecule has 3 unspecified atom stereocenters. The average molecular weight is 814 g/mol. The number of nitrogens with one attached hydrogen (secondary N) is 1. The highest BCUT2D eigenvalue weighted by Crippen LogP contribution is 2.20. The van der Waals surface area contributed by atoms with Crippen molar-refractivity contribution >= 4 is 12.4 Å². The first-order chi connectivity index (χ1) is 27.8. The van der Waals surface area contributed by atoms with Crippen LogP contribution in [0.4, 0.5) is 0 Å². The van der Waals surface area contributed by atoms with Crippen molar-refractivity contribution in [2.75, 3.05) is 26.4 Å². The molecular formula is C51H107NO5. The zero-order chi connectivity index (χ0) is 43.3. The van der Waals surface area contributed by atoms with Gasteiger partial charge in [-0.15, -0.1) is 0 Å². The Kier molecular flexibility index (Phi) is 64.9. The zero-order valence-corrected chi connectivity index (χ0v) is 40.6. The van der Waals surface area contributed by atoms with Crippen LogP contribution in [0.25, 0.3) is 0 Å². The Labute approximate surface area is 359 Å². The second-order valence-electron chi connectivity index (χ2n) is 16.8. The Morgan fingerprint density at radius 3 is 1.32 bits per heavy atom. The van der Waals surface area contributed by atoms with Crippen LogP contribution in [0, 0.1) is 11.8 Å². The molecule has 0 aromatic rings. The van der Waals surface area contributed by atoms with Crippen molar-refractivity contribution in [1.82, 2.24) is 5.32 Å². The predicted octanol–water partition coefficient (Wildman–Crippen LogP) is 15.9. The lowest BCUT2D eigenvalue weighted by molar-refractivity contribution is -0.145. The second-order valence-corrected chi connectivity index (χ2v) is 16.8. The molecule has 0 aliphatic rings. The van der Waals surface area contributed by atoms with Gasteiger partial charge in [-0.1, -0.05) is 223 Å². The van der Waals surface area contributed by atoms with Gasteiger partial charge < -0.3 is 19.9 Å². The van der Waals surface area contributed by atoms with Crippen molar-refractivity contribution < 1.29 is 24.2 Å². The molecule has 0 aliphatic carbocycles. The molecule has 3 atom stereocenters. The summed E-state index contributed by atoms with van der Waals surface area (Å²) in [5, 5.41) is 12.7. The molecular weight excluding hydrogens is 707 g/mol. The molecule has 0 fully saturated rings. The first-order valence-electron chi connectivity index (χ1n) is 25.4. The van der Waals surface area contributed by atoms with Crippen molar-refractivity contribution in [3.05, 3.63) is 0 Å². The number of hydrogen-bond acceptors (Lipinski definition) is 6. The van der Waals surface area contributed by atoms with E-state index in [0.717, 1.165) is 38.6 Å². The number of rotatable bonds is 40. The zero-order valence-electron chi connectivity index (χ0n) is 40.6. The van der Waals surface area contributed by atoms with E-state index in [1.54, 1.807) is 0 Å². The van der Waals surface area contributed by atoms with Gasteiger partial charge in [0.15, 0.2) is 0 Å². The minimum Gasteiger partial charge on any atom is -0.468 e. The Bertz CT molecular complexity index is 703. The lowest BCUT2D eigenvalue weighted by atomic mass is 9.95. The second kappa shape index (κ2) is 59.2. The van der Waals surface area contributed by atoms with E-state index in [0.29, 0.717) is 44.0 Å². The normalized spacial score (nSPS) is 12.2. The number of aliphatic hydroxyl groups excluding tert-OH is 1. The molecule has 6 heteroatoms. The SMILES string of the molecule is CCC.CCC.CCCCCCCCC(CC)COC=O.CCCCCCCCC(CCCCCC)COC(=O)CCCCCC(CCCCCC)NCCCO. The largest absolute Gasteiger partial charge is 0.468 e. The van der Waals surface area contributed by atoms with Crippen LogP contribution >= 0.6 is 0 Å². The summed E-state index contributed by atoms with van der Waals surface area (Å²) in [6, 6.07) is 0.552. The third-order valence-electron chi connectivity index (χ3n) is 10.5. The van der Waals surface area contributed by atoms with Crippen molar-refractivity contribution in [2.24, 2.45) is 11.8 Å². The third kappa shape index (κ3) is 59.3. The maximum Gasteiger partial charge on any atom is 0.305 e. The van der Waals surface area contributed by atoms with Gasteiger partial charge in [-0.05, 0) is 63.3 Å². The maximum atomic E-state index is 12.4. The number of aliphatic hydroxyl groups is 1. The molecule has 0 spiro atoms. The Morgan fingerprint density at radius 1 is 0.509 bits per heavy atom. The van der Waals surface area contributed by atoms with Gasteiger partial charge in [0.25, 0.3) is 6.47 Å². The molecule has 0 amide bonds. The minimum absolute atomic E-state index is 0.00805. The van der Waals surface area contributed by atoms with Gasteiger partial charge in [0.2, 0.25) is 0 Å². The molecule has 0 saturated heterocycles. The molecule has 0 rings (SSSR count). The standard InChI is InChI=1S/C32H65NO3.C13H26O2.2C3H8/c1-4-7-10-13-14-17-23-30(22-16-11-8-5-2)29-36-32(35)26-20-15-19-25-31(33-27-21-28-34)24-18-12-9-6-3;1-3-5-6-7-8-9-10-13(4-2)11-15-12-14;2*1-3-2/h30-31,33-34H,4-29H2,1-3H3;12-13H,3-11H2,1-2H3;2*3H2,1-2H3. The number of esters is 1. The molecule has 0 radical (unpaired) electrons. The van der Waals surface area contributed by atoms with Crippen LogP contribution in [0.1, 0.15) is 274 Å². The maximum absolute atomic E-state index is 12.4. The fourth-order valence-corrected chi connectivity index (χ4v) is 6.85. The molecule has 0 bridgehead atoms. The number of unbranched alkanes of at least 4 members (excludes halogenated alkanes) is 18. The highest BCUT2D eigenvalue weighted by Gasteiger charge is 2.13. The van der Waals surface area contributed by atoms with E-state index in [4.69, 9.17) is 14.6 Å². The number of ether oxygens (including phenoxy) is 2. The third-order valence-corrected chi connectivity index (χ3v) is 10.5. The van der Waals surface area contributed by atoms with Gasteiger partial charge in [0, 0.05) is 19.1 Å². The van der Waals surface area contributed by atoms with E-state index in [-0.39, 0.29) is 12.6 Å². The summed E-state index contributed by atoms with van der Waals surface area (Å²) in [6.45, 7) is 22.6. The van der Waals surface area contributed by atoms with E-state index in [2.05, 4.69) is 67.6 Å². The summed E-state index contributed by atoms with van der Waals surface area (Å²) in [5.41, 5.74) is 0. The molecule has 6 nitrogen and oxygen atoms in total. The predicted molar refractivity (Wildman–Crippen MR) is 252 cm³/mol. The first-order valence-corrected chi connectivity index (χ1v) is 25.4. The molecule has 0 aromatic heterocycles. The quantitative estimate of drug-likeness (QED) is 0.0364. The number of carbonyl (C=O) groups is 2. The molecule has 0 heterocycles. The highest BCUT2D eigenvalue weighted by atomic mass is 16.5. The fraction of sp³-hybridized carbons (Fsp3) is 0.961. The van der Waals surface area contributed by atoms with Crippen molar-refractivity contribution in [2.45, 2.75) is 280 Å². The van der Waals surface area contributed by atoms with Crippen LogP contribution in [0.3, 0.4) is 0 Å². The average Bonchev–Trinajstić information content (AvgIpc) is 3.21. The van der Waals surface area contributed by atoms with Crippen LogP contribution in [-0.2, 0) is 19.1 Å². The van der Waals surface area contributed by atoms with Crippen molar-refractivity contribution in [3.8, 4) is 0 Å². The molecule has 57 heavy (non-hydrogen) atoms. The molecule has 0 aromatic carbocycles. The van der Waals surface area contributed by atoms with E-state index in [9.17, 15) is 9.59 Å². The molecule has 0 saturated carbocycles. The van der Waals surface area contributed by atoms with Crippen LogP contribution in [0.5, 0.6) is 0 Å².